The summed E-state index contributed by atoms with van der Waals surface area (Å²) in [5, 5.41) is 7.18. The zero-order chi connectivity index (χ0) is 11.4. The quantitative estimate of drug-likeness (QED) is 0.539. The van der Waals surface area contributed by atoms with Crippen molar-refractivity contribution in [2.75, 3.05) is 0 Å². The topological polar surface area (TPSA) is 0 Å². The molecule has 3 aromatic rings. The highest BCUT2D eigenvalue weighted by atomic mass is 14.2. The average Bonchev–Trinajstić information content (AvgIpc) is 2.37. The van der Waals surface area contributed by atoms with Crippen LogP contribution in [0.25, 0.3) is 27.6 Å². The Morgan fingerprint density at radius 3 is 2.88 bits per heavy atom. The molecule has 0 spiro atoms. The largest absolute Gasteiger partial charge is 0.0763 e. The van der Waals surface area contributed by atoms with Crippen molar-refractivity contribution in [2.45, 2.75) is 19.8 Å². The van der Waals surface area contributed by atoms with Gasteiger partial charge in [0.25, 0.3) is 0 Å². The Morgan fingerprint density at radius 2 is 1.94 bits per heavy atom. The van der Waals surface area contributed by atoms with E-state index in [1.807, 2.05) is 0 Å². The van der Waals surface area contributed by atoms with Gasteiger partial charge in [-0.1, -0.05) is 42.5 Å². The van der Waals surface area contributed by atoms with Gasteiger partial charge in [0.05, 0.1) is 0 Å². The second kappa shape index (κ2) is 3.10. The Kier molecular flexibility index (Phi) is 1.69. The van der Waals surface area contributed by atoms with Gasteiger partial charge in [0.2, 0.25) is 0 Å². The fourth-order valence-electron chi connectivity index (χ4n) is 3.23. The summed E-state index contributed by atoms with van der Waals surface area (Å²) in [5.74, 6) is 0. The minimum atomic E-state index is 1.18. The Morgan fingerprint density at radius 1 is 1.00 bits per heavy atom. The molecule has 0 heterocycles. The molecule has 0 N–H and O–H groups in total. The molecule has 0 aromatic heterocycles. The lowest BCUT2D eigenvalue weighted by Gasteiger charge is -2.16. The molecule has 0 unspecified atom stereocenters. The van der Waals surface area contributed by atoms with Gasteiger partial charge >= 0.3 is 0 Å². The first-order valence-corrected chi connectivity index (χ1v) is 6.28. The Hall–Kier alpha value is -1.82. The van der Waals surface area contributed by atoms with Crippen LogP contribution in [0.3, 0.4) is 0 Å². The Balaban J connectivity index is 2.45. The Labute approximate surface area is 101 Å². The highest BCUT2D eigenvalue weighted by Crippen LogP contribution is 2.31. The van der Waals surface area contributed by atoms with Crippen molar-refractivity contribution >= 4 is 27.6 Å². The van der Waals surface area contributed by atoms with Gasteiger partial charge < -0.3 is 0 Å². The van der Waals surface area contributed by atoms with Gasteiger partial charge in [-0.25, -0.2) is 0 Å². The summed E-state index contributed by atoms with van der Waals surface area (Å²) in [5.41, 5.74) is 2.95. The standard InChI is InChI=1S/C17H14/c1-11-10-14-6-2-4-12-8-9-13-5-3-7-15(11)17(13)16(12)14/h3-5,7-10H,2,6H2,1H3. The van der Waals surface area contributed by atoms with Crippen molar-refractivity contribution < 1.29 is 0 Å². The van der Waals surface area contributed by atoms with Crippen molar-refractivity contribution in [3.63, 3.8) is 0 Å². The van der Waals surface area contributed by atoms with Gasteiger partial charge in [-0.15, -0.1) is 0 Å². The van der Waals surface area contributed by atoms with Gasteiger partial charge in [-0.3, -0.25) is 0 Å². The fraction of sp³-hybridized carbons (Fsp3) is 0.176. The summed E-state index contributed by atoms with van der Waals surface area (Å²) in [4.78, 5) is 0. The predicted molar refractivity (Wildman–Crippen MR) is 74.2 cm³/mol. The van der Waals surface area contributed by atoms with Gasteiger partial charge in [-0.05, 0) is 57.7 Å². The third kappa shape index (κ3) is 1.13. The maximum atomic E-state index is 2.38. The fourth-order valence-corrected chi connectivity index (χ4v) is 3.23. The molecule has 17 heavy (non-hydrogen) atoms. The van der Waals surface area contributed by atoms with Gasteiger partial charge in [-0.2, -0.15) is 0 Å². The molecule has 0 fully saturated rings. The lowest BCUT2D eigenvalue weighted by molar-refractivity contribution is 1.03. The monoisotopic (exact) mass is 218 g/mol. The number of benzene rings is 3. The zero-order valence-corrected chi connectivity index (χ0v) is 9.96. The van der Waals surface area contributed by atoms with Crippen LogP contribution >= 0.6 is 0 Å². The van der Waals surface area contributed by atoms with Crippen LogP contribution in [0.4, 0.5) is 0 Å². The van der Waals surface area contributed by atoms with Crippen molar-refractivity contribution in [3.8, 4) is 0 Å². The van der Waals surface area contributed by atoms with E-state index in [0.717, 1.165) is 0 Å². The normalized spacial score (nSPS) is 14.2. The average molecular weight is 218 g/mol. The van der Waals surface area contributed by atoms with Crippen LogP contribution in [0.5, 0.6) is 0 Å². The first-order chi connectivity index (χ1) is 8.34. The lowest BCUT2D eigenvalue weighted by Crippen LogP contribution is -2.10. The predicted octanol–water partition coefficient (Wildman–Crippen LogP) is 3.75. The molecular weight excluding hydrogens is 204 g/mol. The molecule has 0 atom stereocenters. The van der Waals surface area contributed by atoms with E-state index in [1.165, 1.54) is 50.7 Å². The van der Waals surface area contributed by atoms with Crippen LogP contribution in [0.1, 0.15) is 17.5 Å². The van der Waals surface area contributed by atoms with Crippen molar-refractivity contribution in [3.05, 3.63) is 52.7 Å². The van der Waals surface area contributed by atoms with E-state index in [0.29, 0.717) is 0 Å². The third-order valence-electron chi connectivity index (χ3n) is 3.99. The van der Waals surface area contributed by atoms with Crippen LogP contribution in [0.15, 0.2) is 36.4 Å². The minimum absolute atomic E-state index is 1.18. The molecule has 3 aromatic carbocycles. The number of hydrogen-bond donors (Lipinski definition) is 0. The van der Waals surface area contributed by atoms with E-state index in [-0.39, 0.29) is 0 Å². The molecule has 0 saturated heterocycles. The van der Waals surface area contributed by atoms with Crippen molar-refractivity contribution in [2.24, 2.45) is 0 Å². The molecule has 0 heteroatoms. The van der Waals surface area contributed by atoms with Crippen LogP contribution < -0.4 is 5.22 Å². The van der Waals surface area contributed by atoms with Crippen LogP contribution in [-0.2, 0) is 6.42 Å². The van der Waals surface area contributed by atoms with Gasteiger partial charge in [0.15, 0.2) is 0 Å². The summed E-state index contributed by atoms with van der Waals surface area (Å²) in [6.07, 6.45) is 4.75. The second-order valence-corrected chi connectivity index (χ2v) is 5.03. The molecule has 0 nitrogen and oxygen atoms in total. The molecule has 1 aliphatic carbocycles. The summed E-state index contributed by atoms with van der Waals surface area (Å²) < 4.78 is 0. The van der Waals surface area contributed by atoms with E-state index in [1.54, 1.807) is 0 Å². The zero-order valence-electron chi connectivity index (χ0n) is 9.96. The van der Waals surface area contributed by atoms with E-state index < -0.39 is 0 Å². The molecule has 82 valence electrons. The van der Waals surface area contributed by atoms with Crippen LogP contribution in [0.2, 0.25) is 0 Å². The smallest absolute Gasteiger partial charge is 0.00275 e. The minimum Gasteiger partial charge on any atom is -0.0763 e. The van der Waals surface area contributed by atoms with E-state index in [9.17, 15) is 0 Å². The molecule has 1 aliphatic rings. The molecule has 4 rings (SSSR count). The molecule has 0 bridgehead atoms. The number of hydrogen-bond acceptors (Lipinski definition) is 0. The highest BCUT2D eigenvalue weighted by Gasteiger charge is 2.12. The first kappa shape index (κ1) is 9.23. The van der Waals surface area contributed by atoms with Crippen molar-refractivity contribution in [1.82, 2.24) is 0 Å². The van der Waals surface area contributed by atoms with E-state index >= 15 is 0 Å². The van der Waals surface area contributed by atoms with Crippen molar-refractivity contribution in [1.29, 1.82) is 0 Å². The third-order valence-corrected chi connectivity index (χ3v) is 3.99. The van der Waals surface area contributed by atoms with Crippen LogP contribution in [-0.4, -0.2) is 0 Å². The SMILES string of the molecule is Cc1cc2c3c(ccc4cccc1c43)=CCC2. The van der Waals surface area contributed by atoms with Gasteiger partial charge in [0, 0.05) is 0 Å². The summed E-state index contributed by atoms with van der Waals surface area (Å²) in [7, 11) is 0. The van der Waals surface area contributed by atoms with E-state index in [2.05, 4.69) is 49.4 Å². The molecular formula is C17H14. The van der Waals surface area contributed by atoms with Crippen LogP contribution in [0, 0.1) is 6.92 Å². The second-order valence-electron chi connectivity index (χ2n) is 5.03. The summed E-state index contributed by atoms with van der Waals surface area (Å²) >= 11 is 0. The van der Waals surface area contributed by atoms with Gasteiger partial charge in [0.1, 0.15) is 0 Å². The Bertz CT molecular complexity index is 794. The molecule has 0 radical (unpaired) electrons. The molecule has 0 saturated carbocycles. The molecule has 0 aliphatic heterocycles. The van der Waals surface area contributed by atoms with E-state index in [4.69, 9.17) is 0 Å². The number of aryl methyl sites for hydroxylation is 2. The maximum Gasteiger partial charge on any atom is -0.00275 e. The first-order valence-electron chi connectivity index (χ1n) is 6.28. The molecule has 0 amide bonds. The maximum absolute atomic E-state index is 2.38. The highest BCUT2D eigenvalue weighted by molar-refractivity contribution is 6.12. The number of rotatable bonds is 0. The summed E-state index contributed by atoms with van der Waals surface area (Å²) in [6, 6.07) is 13.6. The lowest BCUT2D eigenvalue weighted by atomic mass is 9.88. The summed E-state index contributed by atoms with van der Waals surface area (Å²) in [6.45, 7) is 2.23.